The van der Waals surface area contributed by atoms with Gasteiger partial charge in [-0.25, -0.2) is 0 Å². The number of benzene rings is 1. The Kier molecular flexibility index (Phi) is 2.15. The number of nitrogens with two attached hydrogens (primary N) is 1. The Labute approximate surface area is 83.3 Å². The first kappa shape index (κ1) is 9.06. The summed E-state index contributed by atoms with van der Waals surface area (Å²) in [5, 5.41) is 2.94. The van der Waals surface area contributed by atoms with E-state index in [2.05, 4.69) is 5.32 Å². The Hall–Kier alpha value is -1.51. The van der Waals surface area contributed by atoms with Crippen molar-refractivity contribution in [3.63, 3.8) is 0 Å². The molecule has 1 aromatic rings. The van der Waals surface area contributed by atoms with Gasteiger partial charge < -0.3 is 11.1 Å². The minimum atomic E-state index is -0.00250. The molecule has 2 rings (SSSR count). The van der Waals surface area contributed by atoms with Gasteiger partial charge in [0.15, 0.2) is 0 Å². The second-order valence-corrected chi connectivity index (χ2v) is 3.77. The number of carbonyl (C=O) groups is 1. The standard InChI is InChI=1S/C11H14N2O/c1-7-9(3-2-4-10(7)12)11(14)13-8-5-6-8/h2-4,8H,5-6,12H2,1H3,(H,13,14). The lowest BCUT2D eigenvalue weighted by atomic mass is 10.1. The molecule has 0 unspecified atom stereocenters. The number of amides is 1. The van der Waals surface area contributed by atoms with Gasteiger partial charge in [0, 0.05) is 17.3 Å². The van der Waals surface area contributed by atoms with Crippen molar-refractivity contribution in [3.8, 4) is 0 Å². The van der Waals surface area contributed by atoms with E-state index in [-0.39, 0.29) is 5.91 Å². The highest BCUT2D eigenvalue weighted by molar-refractivity contribution is 5.97. The summed E-state index contributed by atoms with van der Waals surface area (Å²) < 4.78 is 0. The molecule has 1 aliphatic rings. The molecule has 0 aliphatic heterocycles. The zero-order valence-corrected chi connectivity index (χ0v) is 8.21. The quantitative estimate of drug-likeness (QED) is 0.694. The third kappa shape index (κ3) is 1.71. The van der Waals surface area contributed by atoms with E-state index in [1.165, 1.54) is 0 Å². The molecule has 3 N–H and O–H groups in total. The van der Waals surface area contributed by atoms with Crippen molar-refractivity contribution in [1.29, 1.82) is 0 Å². The fourth-order valence-electron chi connectivity index (χ4n) is 1.39. The number of rotatable bonds is 2. The number of hydrogen-bond donors (Lipinski definition) is 2. The SMILES string of the molecule is Cc1c(N)cccc1C(=O)NC1CC1. The van der Waals surface area contributed by atoms with E-state index in [9.17, 15) is 4.79 Å². The Bertz CT molecular complexity index is 370. The molecule has 0 heterocycles. The van der Waals surface area contributed by atoms with Crippen LogP contribution in [0.4, 0.5) is 5.69 Å². The monoisotopic (exact) mass is 190 g/mol. The minimum Gasteiger partial charge on any atom is -0.398 e. The predicted octanol–water partition coefficient (Wildman–Crippen LogP) is 1.47. The summed E-state index contributed by atoms with van der Waals surface area (Å²) in [7, 11) is 0. The van der Waals surface area contributed by atoms with Crippen LogP contribution in [0.1, 0.15) is 28.8 Å². The molecule has 1 aromatic carbocycles. The first-order valence-electron chi connectivity index (χ1n) is 4.84. The summed E-state index contributed by atoms with van der Waals surface area (Å²) in [6.07, 6.45) is 2.21. The molecule has 3 nitrogen and oxygen atoms in total. The molecule has 1 aliphatic carbocycles. The maximum absolute atomic E-state index is 11.7. The first-order chi connectivity index (χ1) is 6.68. The van der Waals surface area contributed by atoms with E-state index in [1.807, 2.05) is 25.1 Å². The second-order valence-electron chi connectivity index (χ2n) is 3.77. The summed E-state index contributed by atoms with van der Waals surface area (Å²) in [5.41, 5.74) is 7.96. The molecule has 0 radical (unpaired) electrons. The smallest absolute Gasteiger partial charge is 0.251 e. The first-order valence-corrected chi connectivity index (χ1v) is 4.84. The van der Waals surface area contributed by atoms with Crippen molar-refractivity contribution < 1.29 is 4.79 Å². The predicted molar refractivity (Wildman–Crippen MR) is 56.1 cm³/mol. The van der Waals surface area contributed by atoms with Gasteiger partial charge in [0.1, 0.15) is 0 Å². The summed E-state index contributed by atoms with van der Waals surface area (Å²) in [4.78, 5) is 11.7. The van der Waals surface area contributed by atoms with E-state index in [0.29, 0.717) is 17.3 Å². The van der Waals surface area contributed by atoms with Crippen LogP contribution in [0.3, 0.4) is 0 Å². The van der Waals surface area contributed by atoms with Crippen molar-refractivity contribution >= 4 is 11.6 Å². The molecular formula is C11H14N2O. The van der Waals surface area contributed by atoms with Gasteiger partial charge >= 0.3 is 0 Å². The van der Waals surface area contributed by atoms with E-state index in [4.69, 9.17) is 5.73 Å². The van der Waals surface area contributed by atoms with E-state index < -0.39 is 0 Å². The van der Waals surface area contributed by atoms with Gasteiger partial charge in [-0.1, -0.05) is 6.07 Å². The van der Waals surface area contributed by atoms with Gasteiger partial charge in [0.25, 0.3) is 5.91 Å². The highest BCUT2D eigenvalue weighted by Gasteiger charge is 2.24. The Morgan fingerprint density at radius 1 is 1.50 bits per heavy atom. The van der Waals surface area contributed by atoms with Crippen LogP contribution < -0.4 is 11.1 Å². The molecule has 3 heteroatoms. The number of carbonyl (C=O) groups excluding carboxylic acids is 1. The average Bonchev–Trinajstić information content (AvgIpc) is 2.93. The fraction of sp³-hybridized carbons (Fsp3) is 0.364. The molecule has 0 saturated heterocycles. The lowest BCUT2D eigenvalue weighted by Crippen LogP contribution is -2.26. The van der Waals surface area contributed by atoms with Crippen LogP contribution in [0.15, 0.2) is 18.2 Å². The summed E-state index contributed by atoms with van der Waals surface area (Å²) in [6, 6.07) is 5.82. The van der Waals surface area contributed by atoms with Gasteiger partial charge in [-0.2, -0.15) is 0 Å². The molecule has 0 spiro atoms. The van der Waals surface area contributed by atoms with Crippen LogP contribution in [0.25, 0.3) is 0 Å². The second kappa shape index (κ2) is 3.33. The molecule has 0 atom stereocenters. The maximum atomic E-state index is 11.7. The zero-order chi connectivity index (χ0) is 10.1. The third-order valence-corrected chi connectivity index (χ3v) is 2.53. The van der Waals surface area contributed by atoms with Crippen LogP contribution in [0, 0.1) is 6.92 Å². The number of nitrogen functional groups attached to an aromatic ring is 1. The van der Waals surface area contributed by atoms with Crippen molar-refractivity contribution in [3.05, 3.63) is 29.3 Å². The molecule has 1 amide bonds. The molecule has 1 fully saturated rings. The fourth-order valence-corrected chi connectivity index (χ4v) is 1.39. The Balaban J connectivity index is 2.21. The van der Waals surface area contributed by atoms with Crippen molar-refractivity contribution in [2.75, 3.05) is 5.73 Å². The topological polar surface area (TPSA) is 55.1 Å². The van der Waals surface area contributed by atoms with Gasteiger partial charge in [0.2, 0.25) is 0 Å². The van der Waals surface area contributed by atoms with Crippen LogP contribution in [0.5, 0.6) is 0 Å². The number of anilines is 1. The van der Waals surface area contributed by atoms with Crippen molar-refractivity contribution in [2.45, 2.75) is 25.8 Å². The molecular weight excluding hydrogens is 176 g/mol. The molecule has 14 heavy (non-hydrogen) atoms. The number of nitrogens with one attached hydrogen (secondary N) is 1. The molecule has 0 aromatic heterocycles. The lowest BCUT2D eigenvalue weighted by molar-refractivity contribution is 0.0950. The van der Waals surface area contributed by atoms with Gasteiger partial charge in [-0.05, 0) is 37.5 Å². The highest BCUT2D eigenvalue weighted by atomic mass is 16.1. The van der Waals surface area contributed by atoms with Crippen LogP contribution in [-0.2, 0) is 0 Å². The van der Waals surface area contributed by atoms with Gasteiger partial charge in [-0.3, -0.25) is 4.79 Å². The summed E-state index contributed by atoms with van der Waals surface area (Å²) in [6.45, 7) is 1.87. The molecule has 1 saturated carbocycles. The van der Waals surface area contributed by atoms with Crippen LogP contribution >= 0.6 is 0 Å². The maximum Gasteiger partial charge on any atom is 0.251 e. The average molecular weight is 190 g/mol. The van der Waals surface area contributed by atoms with Gasteiger partial charge in [-0.15, -0.1) is 0 Å². The Morgan fingerprint density at radius 3 is 2.86 bits per heavy atom. The highest BCUT2D eigenvalue weighted by Crippen LogP contribution is 2.21. The normalized spacial score (nSPS) is 15.2. The third-order valence-electron chi connectivity index (χ3n) is 2.53. The summed E-state index contributed by atoms with van der Waals surface area (Å²) in [5.74, 6) is -0.00250. The Morgan fingerprint density at radius 2 is 2.21 bits per heavy atom. The minimum absolute atomic E-state index is 0.00250. The van der Waals surface area contributed by atoms with Crippen LogP contribution in [0.2, 0.25) is 0 Å². The molecule has 0 bridgehead atoms. The zero-order valence-electron chi connectivity index (χ0n) is 8.21. The van der Waals surface area contributed by atoms with E-state index in [0.717, 1.165) is 18.4 Å². The van der Waals surface area contributed by atoms with E-state index >= 15 is 0 Å². The van der Waals surface area contributed by atoms with Gasteiger partial charge in [0.05, 0.1) is 0 Å². The van der Waals surface area contributed by atoms with Crippen molar-refractivity contribution in [2.24, 2.45) is 0 Å². The van der Waals surface area contributed by atoms with Crippen LogP contribution in [-0.4, -0.2) is 11.9 Å². The van der Waals surface area contributed by atoms with Crippen molar-refractivity contribution in [1.82, 2.24) is 5.32 Å². The van der Waals surface area contributed by atoms with E-state index in [1.54, 1.807) is 0 Å². The lowest BCUT2D eigenvalue weighted by Gasteiger charge is -2.08. The number of hydrogen-bond acceptors (Lipinski definition) is 2. The molecule has 74 valence electrons. The summed E-state index contributed by atoms with van der Waals surface area (Å²) >= 11 is 0. The largest absolute Gasteiger partial charge is 0.398 e.